The van der Waals surface area contributed by atoms with Gasteiger partial charge in [-0.3, -0.25) is 0 Å². The van der Waals surface area contributed by atoms with Crippen LogP contribution in [-0.4, -0.2) is 46.7 Å². The highest BCUT2D eigenvalue weighted by Crippen LogP contribution is 2.23. The van der Waals surface area contributed by atoms with Gasteiger partial charge in [-0.25, -0.2) is 4.98 Å². The van der Waals surface area contributed by atoms with Crippen LogP contribution < -0.4 is 10.1 Å². The summed E-state index contributed by atoms with van der Waals surface area (Å²) in [6.45, 7) is 15.1. The molecule has 2 heterocycles. The summed E-state index contributed by atoms with van der Waals surface area (Å²) in [6, 6.07) is 15.5. The van der Waals surface area contributed by atoms with Crippen LogP contribution in [0.1, 0.15) is 62.9 Å². The predicted molar refractivity (Wildman–Crippen MR) is 146 cm³/mol. The molecule has 1 N–H and O–H groups in total. The molecule has 1 fully saturated rings. The minimum Gasteiger partial charge on any atom is -0.486 e. The van der Waals surface area contributed by atoms with E-state index in [0.717, 1.165) is 49.2 Å². The Morgan fingerprint density at radius 2 is 1.91 bits per heavy atom. The summed E-state index contributed by atoms with van der Waals surface area (Å²) in [6.07, 6.45) is 6.50. The van der Waals surface area contributed by atoms with Gasteiger partial charge >= 0.3 is 0 Å². The number of hydrogen-bond acceptors (Lipinski definition) is 4. The van der Waals surface area contributed by atoms with Gasteiger partial charge in [-0.15, -0.1) is 0 Å². The van der Waals surface area contributed by atoms with Crippen molar-refractivity contribution in [1.82, 2.24) is 19.8 Å². The van der Waals surface area contributed by atoms with Crippen molar-refractivity contribution in [3.05, 3.63) is 59.4 Å². The molecule has 0 saturated carbocycles. The summed E-state index contributed by atoms with van der Waals surface area (Å²) in [5, 5.41) is 3.71. The first kappa shape index (κ1) is 25.7. The highest BCUT2D eigenvalue weighted by atomic mass is 16.5. The second kappa shape index (κ2) is 12.5. The fraction of sp³-hybridized carbons (Fsp3) is 0.567. The normalized spacial score (nSPS) is 17.7. The predicted octanol–water partition coefficient (Wildman–Crippen LogP) is 6.11. The van der Waals surface area contributed by atoms with E-state index in [9.17, 15) is 0 Å². The number of aromatic nitrogens is 2. The van der Waals surface area contributed by atoms with E-state index in [-0.39, 0.29) is 0 Å². The van der Waals surface area contributed by atoms with Crippen LogP contribution in [0.25, 0.3) is 11.0 Å². The Balaban J connectivity index is 1.29. The van der Waals surface area contributed by atoms with E-state index in [4.69, 9.17) is 9.72 Å². The Kier molecular flexibility index (Phi) is 9.22. The van der Waals surface area contributed by atoms with Gasteiger partial charge in [0.05, 0.1) is 11.0 Å². The van der Waals surface area contributed by atoms with Gasteiger partial charge in [0, 0.05) is 12.6 Å². The van der Waals surface area contributed by atoms with E-state index < -0.39 is 0 Å². The molecule has 2 atom stereocenters. The van der Waals surface area contributed by atoms with Gasteiger partial charge in [0.1, 0.15) is 18.2 Å². The molecule has 0 radical (unpaired) electrons. The van der Waals surface area contributed by atoms with E-state index in [2.05, 4.69) is 72.8 Å². The van der Waals surface area contributed by atoms with Crippen LogP contribution in [0, 0.1) is 19.8 Å². The van der Waals surface area contributed by atoms with Crippen molar-refractivity contribution in [2.24, 2.45) is 5.92 Å². The average molecular weight is 477 g/mol. The van der Waals surface area contributed by atoms with E-state index in [0.29, 0.717) is 12.5 Å². The Hall–Kier alpha value is -2.37. The lowest BCUT2D eigenvalue weighted by Crippen LogP contribution is -2.39. The van der Waals surface area contributed by atoms with Crippen molar-refractivity contribution in [3.63, 3.8) is 0 Å². The van der Waals surface area contributed by atoms with Crippen LogP contribution in [-0.2, 0) is 13.2 Å². The van der Waals surface area contributed by atoms with Crippen LogP contribution >= 0.6 is 0 Å². The van der Waals surface area contributed by atoms with Gasteiger partial charge in [0.2, 0.25) is 0 Å². The number of fused-ring (bicyclic) bond motifs is 1. The third-order valence-electron chi connectivity index (χ3n) is 7.53. The van der Waals surface area contributed by atoms with Crippen molar-refractivity contribution < 1.29 is 4.74 Å². The molecule has 2 unspecified atom stereocenters. The molecule has 0 bridgehead atoms. The monoisotopic (exact) mass is 476 g/mol. The molecule has 4 rings (SSSR count). The van der Waals surface area contributed by atoms with Gasteiger partial charge in [-0.05, 0) is 102 Å². The number of para-hydroxylation sites is 1. The Morgan fingerprint density at radius 1 is 1.09 bits per heavy atom. The summed E-state index contributed by atoms with van der Waals surface area (Å²) in [7, 11) is 0. The van der Waals surface area contributed by atoms with Gasteiger partial charge in [-0.1, -0.05) is 43.2 Å². The minimum atomic E-state index is 0.485. The molecule has 1 aliphatic heterocycles. The highest BCUT2D eigenvalue weighted by molar-refractivity contribution is 5.79. The number of piperidine rings is 1. The second-order valence-electron chi connectivity index (χ2n) is 10.6. The maximum absolute atomic E-state index is 6.11. The maximum Gasteiger partial charge on any atom is 0.148 e. The number of nitrogens with one attached hydrogen (secondary N) is 1. The number of rotatable bonds is 12. The molecule has 1 aromatic heterocycles. The zero-order valence-corrected chi connectivity index (χ0v) is 22.2. The average Bonchev–Trinajstić information content (AvgIpc) is 3.22. The molecular formula is C30H44N4O. The number of likely N-dealkylation sites (tertiary alicyclic amines) is 1. The molecular weight excluding hydrogens is 432 g/mol. The lowest BCUT2D eigenvalue weighted by atomic mass is 10.0. The summed E-state index contributed by atoms with van der Waals surface area (Å²) in [5.74, 6) is 2.50. The third kappa shape index (κ3) is 7.08. The molecule has 5 heteroatoms. The first-order chi connectivity index (χ1) is 17.0. The lowest BCUT2D eigenvalue weighted by Gasteiger charge is -2.33. The van der Waals surface area contributed by atoms with Crippen LogP contribution in [0.5, 0.6) is 5.75 Å². The molecule has 0 aliphatic carbocycles. The molecule has 0 amide bonds. The van der Waals surface area contributed by atoms with Crippen molar-refractivity contribution in [2.75, 3.05) is 26.2 Å². The number of imidazole rings is 1. The van der Waals surface area contributed by atoms with E-state index in [1.807, 2.05) is 12.1 Å². The number of aryl methyl sites for hydroxylation is 3. The smallest absolute Gasteiger partial charge is 0.148 e. The molecule has 1 saturated heterocycles. The largest absolute Gasteiger partial charge is 0.486 e. The van der Waals surface area contributed by atoms with Crippen molar-refractivity contribution >= 4 is 11.0 Å². The first-order valence-electron chi connectivity index (χ1n) is 13.6. The molecule has 190 valence electrons. The minimum absolute atomic E-state index is 0.485. The first-order valence-corrected chi connectivity index (χ1v) is 13.6. The molecule has 0 spiro atoms. The lowest BCUT2D eigenvalue weighted by molar-refractivity contribution is 0.158. The summed E-state index contributed by atoms with van der Waals surface area (Å²) in [5.41, 5.74) is 4.76. The maximum atomic E-state index is 6.11. The zero-order chi connectivity index (χ0) is 24.6. The van der Waals surface area contributed by atoms with Crippen molar-refractivity contribution in [1.29, 1.82) is 0 Å². The highest BCUT2D eigenvalue weighted by Gasteiger charge is 2.17. The summed E-state index contributed by atoms with van der Waals surface area (Å²) < 4.78 is 8.48. The third-order valence-corrected chi connectivity index (χ3v) is 7.53. The van der Waals surface area contributed by atoms with Gasteiger partial charge in [-0.2, -0.15) is 0 Å². The van der Waals surface area contributed by atoms with E-state index in [1.165, 1.54) is 55.4 Å². The molecule has 1 aliphatic rings. The molecule has 35 heavy (non-hydrogen) atoms. The summed E-state index contributed by atoms with van der Waals surface area (Å²) in [4.78, 5) is 7.65. The number of benzene rings is 2. The molecule has 2 aromatic carbocycles. The number of nitrogens with zero attached hydrogens (tertiary/aromatic N) is 3. The van der Waals surface area contributed by atoms with Crippen molar-refractivity contribution in [2.45, 2.75) is 79.0 Å². The summed E-state index contributed by atoms with van der Waals surface area (Å²) >= 11 is 0. The van der Waals surface area contributed by atoms with Crippen molar-refractivity contribution in [3.8, 4) is 5.75 Å². The van der Waals surface area contributed by atoms with Crippen LogP contribution in [0.3, 0.4) is 0 Å². The Morgan fingerprint density at radius 3 is 2.71 bits per heavy atom. The Labute approximate surface area is 211 Å². The molecule has 5 nitrogen and oxygen atoms in total. The van der Waals surface area contributed by atoms with Gasteiger partial charge < -0.3 is 19.5 Å². The van der Waals surface area contributed by atoms with Gasteiger partial charge in [0.15, 0.2) is 0 Å². The van der Waals surface area contributed by atoms with E-state index >= 15 is 0 Å². The van der Waals surface area contributed by atoms with Crippen LogP contribution in [0.4, 0.5) is 0 Å². The van der Waals surface area contributed by atoms with E-state index in [1.54, 1.807) is 0 Å². The fourth-order valence-corrected chi connectivity index (χ4v) is 5.17. The Bertz CT molecular complexity index is 1060. The van der Waals surface area contributed by atoms with Crippen LogP contribution in [0.2, 0.25) is 0 Å². The SMILES string of the molecule is Cc1ccc(OCc2nc3c(C)cccc3n2CCC(C)CNCCCN2CCCCC2C)cc1. The molecule has 3 aromatic rings. The fourth-order valence-electron chi connectivity index (χ4n) is 5.17. The zero-order valence-electron chi connectivity index (χ0n) is 22.2. The topological polar surface area (TPSA) is 42.3 Å². The standard InChI is InChI=1S/C30H44N4O/c1-23-12-14-27(15-13-23)35-22-29-32-30-25(3)9-7-11-28(30)34(29)20-16-24(2)21-31-17-8-19-33-18-6-5-10-26(33)4/h7,9,11-15,24,26,31H,5-6,8,10,16-22H2,1-4H3. The number of hydrogen-bond donors (Lipinski definition) is 1. The van der Waals surface area contributed by atoms with Gasteiger partial charge in [0.25, 0.3) is 0 Å². The quantitative estimate of drug-likeness (QED) is 0.320. The number of ether oxygens (including phenoxy) is 1. The van der Waals surface area contributed by atoms with Crippen LogP contribution in [0.15, 0.2) is 42.5 Å². The second-order valence-corrected chi connectivity index (χ2v) is 10.6.